The average molecular weight is 275 g/mol. The van der Waals surface area contributed by atoms with E-state index in [4.69, 9.17) is 5.73 Å². The van der Waals surface area contributed by atoms with Gasteiger partial charge in [-0.15, -0.1) is 0 Å². The Morgan fingerprint density at radius 3 is 2.90 bits per heavy atom. The molecule has 106 valence electrons. The molecule has 0 aliphatic carbocycles. The van der Waals surface area contributed by atoms with Gasteiger partial charge in [0, 0.05) is 24.7 Å². The monoisotopic (exact) mass is 275 g/mol. The zero-order valence-electron chi connectivity index (χ0n) is 11.4. The maximum atomic E-state index is 12.3. The molecule has 2 rings (SSSR count). The van der Waals surface area contributed by atoms with E-state index in [1.165, 1.54) is 4.90 Å². The van der Waals surface area contributed by atoms with E-state index in [0.29, 0.717) is 17.6 Å². The van der Waals surface area contributed by atoms with Gasteiger partial charge in [0.2, 0.25) is 5.91 Å². The van der Waals surface area contributed by atoms with Crippen LogP contribution in [0.25, 0.3) is 10.9 Å². The van der Waals surface area contributed by atoms with Crippen molar-refractivity contribution in [2.45, 2.75) is 6.92 Å². The number of aromatic amines is 1. The predicted molar refractivity (Wildman–Crippen MR) is 76.2 cm³/mol. The number of nitrogen functional groups attached to an aromatic ring is 1. The summed E-state index contributed by atoms with van der Waals surface area (Å²) in [6.07, 6.45) is 0. The van der Waals surface area contributed by atoms with Crippen LogP contribution in [0.15, 0.2) is 18.2 Å². The number of rotatable bonds is 4. The average Bonchev–Trinajstić information content (AvgIpc) is 2.80. The first-order chi connectivity index (χ1) is 9.52. The summed E-state index contributed by atoms with van der Waals surface area (Å²) in [5.74, 6) is -0.532. The Morgan fingerprint density at radius 2 is 2.20 bits per heavy atom. The van der Waals surface area contributed by atoms with Gasteiger partial charge in [-0.2, -0.15) is 5.10 Å². The molecule has 1 heterocycles. The Kier molecular flexibility index (Phi) is 3.88. The number of nitrogens with zero attached hydrogens (tertiary/aromatic N) is 2. The lowest BCUT2D eigenvalue weighted by atomic mass is 10.2. The number of hydrogen-bond donors (Lipinski definition) is 3. The van der Waals surface area contributed by atoms with E-state index in [2.05, 4.69) is 15.5 Å². The van der Waals surface area contributed by atoms with Gasteiger partial charge in [0.15, 0.2) is 5.69 Å². The van der Waals surface area contributed by atoms with E-state index in [1.807, 2.05) is 6.92 Å². The molecule has 0 radical (unpaired) electrons. The zero-order valence-corrected chi connectivity index (χ0v) is 11.4. The molecule has 0 aliphatic heterocycles. The predicted octanol–water partition coefficient (Wildman–Crippen LogP) is 0.353. The molecule has 2 amide bonds. The molecule has 7 heteroatoms. The number of likely N-dealkylation sites (N-methyl/N-ethyl adjacent to an activating group) is 2. The van der Waals surface area contributed by atoms with Gasteiger partial charge >= 0.3 is 0 Å². The largest absolute Gasteiger partial charge is 0.399 e. The molecule has 0 saturated heterocycles. The number of aromatic nitrogens is 2. The van der Waals surface area contributed by atoms with Crippen molar-refractivity contribution in [1.29, 1.82) is 0 Å². The van der Waals surface area contributed by atoms with E-state index in [0.717, 1.165) is 5.52 Å². The van der Waals surface area contributed by atoms with Crippen molar-refractivity contribution >= 4 is 28.4 Å². The van der Waals surface area contributed by atoms with Crippen LogP contribution in [0, 0.1) is 0 Å². The van der Waals surface area contributed by atoms with E-state index >= 15 is 0 Å². The highest BCUT2D eigenvalue weighted by molar-refractivity contribution is 6.06. The van der Waals surface area contributed by atoms with Crippen molar-refractivity contribution in [3.05, 3.63) is 23.9 Å². The summed E-state index contributed by atoms with van der Waals surface area (Å²) < 4.78 is 0. The Hall–Kier alpha value is -2.57. The van der Waals surface area contributed by atoms with Crippen molar-refractivity contribution in [1.82, 2.24) is 20.4 Å². The van der Waals surface area contributed by atoms with E-state index in [-0.39, 0.29) is 24.1 Å². The highest BCUT2D eigenvalue weighted by Gasteiger charge is 2.19. The molecule has 0 atom stereocenters. The van der Waals surface area contributed by atoms with Crippen LogP contribution in [0.2, 0.25) is 0 Å². The van der Waals surface area contributed by atoms with Crippen molar-refractivity contribution < 1.29 is 9.59 Å². The van der Waals surface area contributed by atoms with Crippen LogP contribution in [-0.4, -0.2) is 47.0 Å². The van der Waals surface area contributed by atoms with E-state index in [9.17, 15) is 9.59 Å². The van der Waals surface area contributed by atoms with Crippen LogP contribution in [0.4, 0.5) is 5.69 Å². The molecule has 0 aliphatic rings. The van der Waals surface area contributed by atoms with Gasteiger partial charge in [0.05, 0.1) is 12.1 Å². The minimum absolute atomic E-state index is 0.0106. The van der Waals surface area contributed by atoms with Crippen LogP contribution >= 0.6 is 0 Å². The lowest BCUT2D eigenvalue weighted by Crippen LogP contribution is -2.38. The van der Waals surface area contributed by atoms with Crippen LogP contribution in [0.3, 0.4) is 0 Å². The van der Waals surface area contributed by atoms with Gasteiger partial charge in [-0.05, 0) is 25.1 Å². The fourth-order valence-electron chi connectivity index (χ4n) is 1.92. The van der Waals surface area contributed by atoms with Crippen molar-refractivity contribution in [3.63, 3.8) is 0 Å². The number of benzene rings is 1. The second-order valence-corrected chi connectivity index (χ2v) is 4.49. The lowest BCUT2D eigenvalue weighted by molar-refractivity contribution is -0.121. The number of hydrogen-bond acceptors (Lipinski definition) is 4. The fraction of sp³-hybridized carbons (Fsp3) is 0.308. The molecule has 0 spiro atoms. The van der Waals surface area contributed by atoms with Crippen LogP contribution in [0.1, 0.15) is 17.4 Å². The number of carbonyl (C=O) groups excluding carboxylic acids is 2. The Balaban J connectivity index is 2.22. The summed E-state index contributed by atoms with van der Waals surface area (Å²) in [4.78, 5) is 25.1. The second-order valence-electron chi connectivity index (χ2n) is 4.49. The zero-order chi connectivity index (χ0) is 14.7. The van der Waals surface area contributed by atoms with Gasteiger partial charge < -0.3 is 16.0 Å². The molecule has 0 unspecified atom stereocenters. The van der Waals surface area contributed by atoms with Crippen molar-refractivity contribution in [3.8, 4) is 0 Å². The maximum absolute atomic E-state index is 12.3. The number of carbonyl (C=O) groups is 2. The number of H-pyrrole nitrogens is 1. The van der Waals surface area contributed by atoms with E-state index in [1.54, 1.807) is 25.2 Å². The summed E-state index contributed by atoms with van der Waals surface area (Å²) in [5, 5.41) is 10.1. The van der Waals surface area contributed by atoms with Gasteiger partial charge in [-0.3, -0.25) is 14.7 Å². The van der Waals surface area contributed by atoms with Crippen molar-refractivity contribution in [2.24, 2.45) is 0 Å². The Labute approximate surface area is 116 Å². The quantitative estimate of drug-likeness (QED) is 0.700. The Bertz CT molecular complexity index is 649. The standard InChI is InChI=1S/C13H17N5O2/c1-3-15-11(19)7-18(2)13(20)12-9-6-8(14)4-5-10(9)16-17-12/h4-6H,3,7,14H2,1-2H3,(H,15,19)(H,16,17). The topological polar surface area (TPSA) is 104 Å². The molecule has 4 N–H and O–H groups in total. The number of fused-ring (bicyclic) bond motifs is 1. The third-order valence-electron chi connectivity index (χ3n) is 2.89. The molecule has 7 nitrogen and oxygen atoms in total. The van der Waals surface area contributed by atoms with Crippen LogP contribution in [-0.2, 0) is 4.79 Å². The summed E-state index contributed by atoms with van der Waals surface area (Å²) in [5.41, 5.74) is 7.27. The first-order valence-corrected chi connectivity index (χ1v) is 6.28. The molecule has 1 aromatic heterocycles. The van der Waals surface area contributed by atoms with Crippen LogP contribution < -0.4 is 11.1 Å². The number of nitrogens with two attached hydrogens (primary N) is 1. The summed E-state index contributed by atoms with van der Waals surface area (Å²) in [6.45, 7) is 2.34. The summed E-state index contributed by atoms with van der Waals surface area (Å²) in [7, 11) is 1.56. The number of amides is 2. The number of nitrogens with one attached hydrogen (secondary N) is 2. The van der Waals surface area contributed by atoms with Gasteiger partial charge in [-0.1, -0.05) is 0 Å². The van der Waals surface area contributed by atoms with E-state index < -0.39 is 0 Å². The molecule has 0 fully saturated rings. The summed E-state index contributed by atoms with van der Waals surface area (Å²) in [6, 6.07) is 5.18. The Morgan fingerprint density at radius 1 is 1.45 bits per heavy atom. The third kappa shape index (κ3) is 2.71. The first kappa shape index (κ1) is 13.9. The highest BCUT2D eigenvalue weighted by atomic mass is 16.2. The molecule has 0 bridgehead atoms. The van der Waals surface area contributed by atoms with Gasteiger partial charge in [-0.25, -0.2) is 0 Å². The molecule has 1 aromatic carbocycles. The smallest absolute Gasteiger partial charge is 0.275 e. The lowest BCUT2D eigenvalue weighted by Gasteiger charge is -2.15. The summed E-state index contributed by atoms with van der Waals surface area (Å²) >= 11 is 0. The molecular formula is C13H17N5O2. The minimum Gasteiger partial charge on any atom is -0.399 e. The third-order valence-corrected chi connectivity index (χ3v) is 2.89. The minimum atomic E-state index is -0.326. The van der Waals surface area contributed by atoms with Crippen LogP contribution in [0.5, 0.6) is 0 Å². The molecule has 20 heavy (non-hydrogen) atoms. The molecule has 2 aromatic rings. The van der Waals surface area contributed by atoms with Crippen molar-refractivity contribution in [2.75, 3.05) is 25.9 Å². The van der Waals surface area contributed by atoms with Gasteiger partial charge in [0.1, 0.15) is 0 Å². The fourth-order valence-corrected chi connectivity index (χ4v) is 1.92. The second kappa shape index (κ2) is 5.60. The highest BCUT2D eigenvalue weighted by Crippen LogP contribution is 2.19. The maximum Gasteiger partial charge on any atom is 0.275 e. The normalized spacial score (nSPS) is 10.5. The molecular weight excluding hydrogens is 258 g/mol. The van der Waals surface area contributed by atoms with Gasteiger partial charge in [0.25, 0.3) is 5.91 Å². The SMILES string of the molecule is CCNC(=O)CN(C)C(=O)c1n[nH]c2ccc(N)cc12. The first-order valence-electron chi connectivity index (χ1n) is 6.28. The number of anilines is 1. The molecule has 0 saturated carbocycles.